The maximum absolute atomic E-state index is 11.3. The van der Waals surface area contributed by atoms with Gasteiger partial charge in [-0.15, -0.1) is 0 Å². The Morgan fingerprint density at radius 2 is 2.00 bits per heavy atom. The molecule has 0 aliphatic heterocycles. The molecule has 0 spiro atoms. The summed E-state index contributed by atoms with van der Waals surface area (Å²) in [6.07, 6.45) is 2.81. The van der Waals surface area contributed by atoms with Crippen LogP contribution in [0.4, 0.5) is 0 Å². The predicted octanol–water partition coefficient (Wildman–Crippen LogP) is 2.97. The number of hydrogen-bond donors (Lipinski definition) is 0. The van der Waals surface area contributed by atoms with Crippen molar-refractivity contribution in [2.75, 3.05) is 7.11 Å². The van der Waals surface area contributed by atoms with Crippen LogP contribution in [0.25, 0.3) is 11.4 Å². The molecular weight excluding hydrogens is 256 g/mol. The number of rotatable bonds is 3. The first kappa shape index (κ1) is 12.8. The Hall–Kier alpha value is -2.17. The number of carbonyl (C=O) groups is 1. The van der Waals surface area contributed by atoms with E-state index in [1.807, 2.05) is 24.3 Å². The molecule has 2 aromatic rings. The Bertz CT molecular complexity index is 611. The van der Waals surface area contributed by atoms with Crippen LogP contribution in [0.15, 0.2) is 28.8 Å². The van der Waals surface area contributed by atoms with Crippen LogP contribution in [-0.4, -0.2) is 23.0 Å². The summed E-state index contributed by atoms with van der Waals surface area (Å²) in [5, 5.41) is 4.04. The topological polar surface area (TPSA) is 65.2 Å². The molecule has 5 heteroatoms. The smallest absolute Gasteiger partial charge is 0.230 e. The van der Waals surface area contributed by atoms with Crippen LogP contribution in [-0.2, 0) is 4.79 Å². The van der Waals surface area contributed by atoms with E-state index in [0.29, 0.717) is 30.3 Å². The number of ether oxygens (including phenoxy) is 1. The van der Waals surface area contributed by atoms with Crippen molar-refractivity contribution in [2.24, 2.45) is 0 Å². The summed E-state index contributed by atoms with van der Waals surface area (Å²) in [5.41, 5.74) is 0.817. The number of nitrogens with zero attached hydrogens (tertiary/aromatic N) is 2. The van der Waals surface area contributed by atoms with Gasteiger partial charge < -0.3 is 9.26 Å². The summed E-state index contributed by atoms with van der Waals surface area (Å²) in [4.78, 5) is 15.7. The van der Waals surface area contributed by atoms with Gasteiger partial charge in [0.2, 0.25) is 11.7 Å². The Kier molecular flexibility index (Phi) is 3.50. The van der Waals surface area contributed by atoms with Crippen LogP contribution in [0.3, 0.4) is 0 Å². The van der Waals surface area contributed by atoms with Crippen LogP contribution >= 0.6 is 0 Å². The minimum Gasteiger partial charge on any atom is -0.496 e. The number of para-hydroxylation sites is 1. The number of carbonyl (C=O) groups excluding carboxylic acids is 1. The first-order chi connectivity index (χ1) is 9.78. The van der Waals surface area contributed by atoms with Gasteiger partial charge in [0.05, 0.1) is 12.7 Å². The molecule has 1 aromatic carbocycles. The molecular formula is C15H16N2O3. The largest absolute Gasteiger partial charge is 0.496 e. The first-order valence-electron chi connectivity index (χ1n) is 6.76. The molecule has 0 radical (unpaired) electrons. The highest BCUT2D eigenvalue weighted by Gasteiger charge is 2.25. The molecule has 0 N–H and O–H groups in total. The van der Waals surface area contributed by atoms with Crippen molar-refractivity contribution in [3.05, 3.63) is 30.2 Å². The molecule has 1 heterocycles. The quantitative estimate of drug-likeness (QED) is 0.859. The van der Waals surface area contributed by atoms with E-state index in [2.05, 4.69) is 10.1 Å². The molecule has 0 atom stereocenters. The Labute approximate surface area is 116 Å². The molecule has 3 rings (SSSR count). The molecule has 0 unspecified atom stereocenters. The van der Waals surface area contributed by atoms with Gasteiger partial charge in [-0.05, 0) is 25.0 Å². The third kappa shape index (κ3) is 2.43. The molecule has 20 heavy (non-hydrogen) atoms. The molecule has 1 aliphatic carbocycles. The van der Waals surface area contributed by atoms with E-state index >= 15 is 0 Å². The van der Waals surface area contributed by atoms with Gasteiger partial charge in [-0.1, -0.05) is 17.3 Å². The maximum atomic E-state index is 11.3. The van der Waals surface area contributed by atoms with Crippen LogP contribution in [0, 0.1) is 0 Å². The van der Waals surface area contributed by atoms with E-state index in [4.69, 9.17) is 9.26 Å². The highest BCUT2D eigenvalue weighted by atomic mass is 16.5. The Balaban J connectivity index is 1.85. The summed E-state index contributed by atoms with van der Waals surface area (Å²) in [6, 6.07) is 7.58. The number of hydrogen-bond acceptors (Lipinski definition) is 5. The fourth-order valence-corrected chi connectivity index (χ4v) is 2.53. The lowest BCUT2D eigenvalue weighted by Gasteiger charge is -2.16. The van der Waals surface area contributed by atoms with E-state index in [1.54, 1.807) is 7.11 Å². The highest BCUT2D eigenvalue weighted by molar-refractivity contribution is 5.79. The SMILES string of the molecule is COc1ccccc1-c1noc(C2CCC(=O)CC2)n1. The van der Waals surface area contributed by atoms with Gasteiger partial charge in [0.1, 0.15) is 11.5 Å². The zero-order valence-electron chi connectivity index (χ0n) is 11.3. The third-order valence-electron chi connectivity index (χ3n) is 3.68. The van der Waals surface area contributed by atoms with Crippen LogP contribution in [0.1, 0.15) is 37.5 Å². The van der Waals surface area contributed by atoms with Gasteiger partial charge in [-0.2, -0.15) is 4.98 Å². The average Bonchev–Trinajstić information content (AvgIpc) is 2.97. The standard InChI is InChI=1S/C15H16N2O3/c1-19-13-5-3-2-4-12(13)14-16-15(20-17-14)10-6-8-11(18)9-7-10/h2-5,10H,6-9H2,1H3. The lowest BCUT2D eigenvalue weighted by atomic mass is 9.88. The summed E-state index contributed by atoms with van der Waals surface area (Å²) in [5.74, 6) is 2.40. The van der Waals surface area contributed by atoms with Gasteiger partial charge in [-0.3, -0.25) is 4.79 Å². The number of benzene rings is 1. The van der Waals surface area contributed by atoms with Crippen molar-refractivity contribution in [1.82, 2.24) is 10.1 Å². The average molecular weight is 272 g/mol. The van der Waals surface area contributed by atoms with Crippen molar-refractivity contribution in [1.29, 1.82) is 0 Å². The van der Waals surface area contributed by atoms with Crippen LogP contribution in [0.2, 0.25) is 0 Å². The van der Waals surface area contributed by atoms with Gasteiger partial charge in [0.15, 0.2) is 0 Å². The summed E-state index contributed by atoms with van der Waals surface area (Å²) in [7, 11) is 1.62. The normalized spacial score (nSPS) is 16.4. The van der Waals surface area contributed by atoms with Gasteiger partial charge in [0.25, 0.3) is 0 Å². The number of methoxy groups -OCH3 is 1. The first-order valence-corrected chi connectivity index (χ1v) is 6.76. The summed E-state index contributed by atoms with van der Waals surface area (Å²) < 4.78 is 10.7. The van der Waals surface area contributed by atoms with E-state index < -0.39 is 0 Å². The number of Topliss-reactive ketones (excluding diaryl/α,β-unsaturated/α-hetero) is 1. The fourth-order valence-electron chi connectivity index (χ4n) is 2.53. The van der Waals surface area contributed by atoms with Crippen molar-refractivity contribution >= 4 is 5.78 Å². The van der Waals surface area contributed by atoms with E-state index in [-0.39, 0.29) is 5.92 Å². The second-order valence-electron chi connectivity index (χ2n) is 4.97. The third-order valence-corrected chi connectivity index (χ3v) is 3.68. The Morgan fingerprint density at radius 1 is 1.25 bits per heavy atom. The van der Waals surface area contributed by atoms with Gasteiger partial charge >= 0.3 is 0 Å². The van der Waals surface area contributed by atoms with Crippen molar-refractivity contribution in [2.45, 2.75) is 31.6 Å². The molecule has 5 nitrogen and oxygen atoms in total. The molecule has 1 saturated carbocycles. The molecule has 1 aromatic heterocycles. The van der Waals surface area contributed by atoms with Crippen molar-refractivity contribution in [3.8, 4) is 17.1 Å². The lowest BCUT2D eigenvalue weighted by Crippen LogP contribution is -2.12. The van der Waals surface area contributed by atoms with E-state index in [9.17, 15) is 4.79 Å². The van der Waals surface area contributed by atoms with Crippen molar-refractivity contribution in [3.63, 3.8) is 0 Å². The second-order valence-corrected chi connectivity index (χ2v) is 4.97. The van der Waals surface area contributed by atoms with E-state index in [0.717, 1.165) is 24.2 Å². The lowest BCUT2D eigenvalue weighted by molar-refractivity contribution is -0.120. The maximum Gasteiger partial charge on any atom is 0.230 e. The fraction of sp³-hybridized carbons (Fsp3) is 0.400. The molecule has 0 saturated heterocycles. The van der Waals surface area contributed by atoms with Gasteiger partial charge in [0, 0.05) is 18.8 Å². The molecule has 104 valence electrons. The zero-order valence-corrected chi connectivity index (χ0v) is 11.3. The molecule has 0 bridgehead atoms. The molecule has 1 aliphatic rings. The van der Waals surface area contributed by atoms with Gasteiger partial charge in [-0.25, -0.2) is 0 Å². The number of ketones is 1. The minimum absolute atomic E-state index is 0.198. The van der Waals surface area contributed by atoms with Crippen LogP contribution < -0.4 is 4.74 Å². The predicted molar refractivity (Wildman–Crippen MR) is 72.5 cm³/mol. The van der Waals surface area contributed by atoms with E-state index in [1.165, 1.54) is 0 Å². The number of aromatic nitrogens is 2. The highest BCUT2D eigenvalue weighted by Crippen LogP contribution is 2.33. The monoisotopic (exact) mass is 272 g/mol. The minimum atomic E-state index is 0.198. The summed E-state index contributed by atoms with van der Waals surface area (Å²) in [6.45, 7) is 0. The van der Waals surface area contributed by atoms with Crippen molar-refractivity contribution < 1.29 is 14.1 Å². The second kappa shape index (κ2) is 5.45. The molecule has 0 amide bonds. The zero-order chi connectivity index (χ0) is 13.9. The Morgan fingerprint density at radius 3 is 2.75 bits per heavy atom. The van der Waals surface area contributed by atoms with Crippen LogP contribution in [0.5, 0.6) is 5.75 Å². The molecule has 1 fully saturated rings. The summed E-state index contributed by atoms with van der Waals surface area (Å²) >= 11 is 0.